The van der Waals surface area contributed by atoms with Crippen LogP contribution in [0.3, 0.4) is 0 Å². The van der Waals surface area contributed by atoms with Crippen LogP contribution in [-0.4, -0.2) is 25.0 Å². The first-order chi connectivity index (χ1) is 7.54. The van der Waals surface area contributed by atoms with Crippen molar-refractivity contribution in [2.75, 3.05) is 13.2 Å². The highest BCUT2D eigenvalue weighted by molar-refractivity contribution is 6.01. The number of carbonyl (C=O) groups is 1. The SMILES string of the molecule is CC1(C(=O)c2ccc(F)cc2)COCC1N. The Bertz CT molecular complexity index is 404. The van der Waals surface area contributed by atoms with Crippen LogP contribution >= 0.6 is 0 Å². The first-order valence-corrected chi connectivity index (χ1v) is 5.18. The average molecular weight is 223 g/mol. The molecule has 2 N–H and O–H groups in total. The highest BCUT2D eigenvalue weighted by atomic mass is 19.1. The predicted molar refractivity (Wildman–Crippen MR) is 57.6 cm³/mol. The molecule has 86 valence electrons. The molecule has 2 atom stereocenters. The fourth-order valence-electron chi connectivity index (χ4n) is 1.85. The minimum absolute atomic E-state index is 0.0856. The van der Waals surface area contributed by atoms with E-state index in [1.165, 1.54) is 24.3 Å². The molecule has 0 saturated carbocycles. The Hall–Kier alpha value is -1.26. The maximum absolute atomic E-state index is 12.7. The van der Waals surface area contributed by atoms with Crippen molar-refractivity contribution in [3.8, 4) is 0 Å². The minimum Gasteiger partial charge on any atom is -0.379 e. The number of hydrogen-bond donors (Lipinski definition) is 1. The molecule has 0 spiro atoms. The third-order valence-electron chi connectivity index (χ3n) is 3.14. The number of rotatable bonds is 2. The number of ketones is 1. The highest BCUT2D eigenvalue weighted by Crippen LogP contribution is 2.31. The first-order valence-electron chi connectivity index (χ1n) is 5.18. The molecule has 0 amide bonds. The van der Waals surface area contributed by atoms with Crippen LogP contribution < -0.4 is 5.73 Å². The van der Waals surface area contributed by atoms with Gasteiger partial charge in [0, 0.05) is 11.6 Å². The summed E-state index contributed by atoms with van der Waals surface area (Å²) in [6.45, 7) is 2.50. The second-order valence-corrected chi connectivity index (χ2v) is 4.38. The number of ether oxygens (including phenoxy) is 1. The third kappa shape index (κ3) is 1.74. The van der Waals surface area contributed by atoms with E-state index in [0.717, 1.165) is 0 Å². The van der Waals surface area contributed by atoms with E-state index < -0.39 is 5.41 Å². The molecule has 2 rings (SSSR count). The third-order valence-corrected chi connectivity index (χ3v) is 3.14. The molecular weight excluding hydrogens is 209 g/mol. The molecule has 1 aliphatic heterocycles. The van der Waals surface area contributed by atoms with Crippen molar-refractivity contribution >= 4 is 5.78 Å². The Morgan fingerprint density at radius 2 is 2.12 bits per heavy atom. The van der Waals surface area contributed by atoms with Crippen molar-refractivity contribution in [1.82, 2.24) is 0 Å². The van der Waals surface area contributed by atoms with Crippen LogP contribution in [0.1, 0.15) is 17.3 Å². The second-order valence-electron chi connectivity index (χ2n) is 4.38. The summed E-state index contributed by atoms with van der Waals surface area (Å²) in [7, 11) is 0. The van der Waals surface area contributed by atoms with Crippen molar-refractivity contribution in [2.24, 2.45) is 11.1 Å². The zero-order valence-electron chi connectivity index (χ0n) is 9.07. The van der Waals surface area contributed by atoms with Gasteiger partial charge >= 0.3 is 0 Å². The van der Waals surface area contributed by atoms with Gasteiger partial charge in [0.15, 0.2) is 5.78 Å². The summed E-state index contributed by atoms with van der Waals surface area (Å²) < 4.78 is 18.0. The zero-order chi connectivity index (χ0) is 11.8. The van der Waals surface area contributed by atoms with E-state index in [1.54, 1.807) is 6.92 Å². The zero-order valence-corrected chi connectivity index (χ0v) is 9.07. The summed E-state index contributed by atoms with van der Waals surface area (Å²) in [6.07, 6.45) is 0. The van der Waals surface area contributed by atoms with Crippen LogP contribution in [0.2, 0.25) is 0 Å². The number of benzene rings is 1. The smallest absolute Gasteiger partial charge is 0.172 e. The summed E-state index contributed by atoms with van der Waals surface area (Å²) >= 11 is 0. The monoisotopic (exact) mass is 223 g/mol. The van der Waals surface area contributed by atoms with Gasteiger partial charge in [-0.2, -0.15) is 0 Å². The van der Waals surface area contributed by atoms with Gasteiger partial charge in [0.25, 0.3) is 0 Å². The lowest BCUT2D eigenvalue weighted by atomic mass is 9.78. The van der Waals surface area contributed by atoms with E-state index in [-0.39, 0.29) is 17.6 Å². The lowest BCUT2D eigenvalue weighted by Gasteiger charge is -2.25. The summed E-state index contributed by atoms with van der Waals surface area (Å²) in [5.74, 6) is -0.439. The van der Waals surface area contributed by atoms with Crippen molar-refractivity contribution in [1.29, 1.82) is 0 Å². The van der Waals surface area contributed by atoms with Crippen LogP contribution in [0.4, 0.5) is 4.39 Å². The lowest BCUT2D eigenvalue weighted by molar-refractivity contribution is 0.0767. The maximum atomic E-state index is 12.7. The van der Waals surface area contributed by atoms with Gasteiger partial charge in [0.05, 0.1) is 18.6 Å². The Morgan fingerprint density at radius 3 is 2.62 bits per heavy atom. The molecular formula is C12H14FNO2. The van der Waals surface area contributed by atoms with E-state index in [4.69, 9.17) is 10.5 Å². The van der Waals surface area contributed by atoms with Gasteiger partial charge in [-0.25, -0.2) is 4.39 Å². The van der Waals surface area contributed by atoms with E-state index in [1.807, 2.05) is 0 Å². The normalized spacial score (nSPS) is 29.3. The topological polar surface area (TPSA) is 52.3 Å². The lowest BCUT2D eigenvalue weighted by Crippen LogP contribution is -2.44. The molecule has 0 radical (unpaired) electrons. The molecule has 3 nitrogen and oxygen atoms in total. The molecule has 0 aromatic heterocycles. The molecule has 1 saturated heterocycles. The molecule has 1 aromatic carbocycles. The molecule has 2 unspecified atom stereocenters. The van der Waals surface area contributed by atoms with Crippen LogP contribution in [0.15, 0.2) is 24.3 Å². The van der Waals surface area contributed by atoms with Crippen LogP contribution in [0, 0.1) is 11.2 Å². The number of Topliss-reactive ketones (excluding diaryl/α,β-unsaturated/α-hetero) is 1. The molecule has 16 heavy (non-hydrogen) atoms. The summed E-state index contributed by atoms with van der Waals surface area (Å²) in [5, 5.41) is 0. The Balaban J connectivity index is 2.28. The average Bonchev–Trinajstić information content (AvgIpc) is 2.61. The summed E-state index contributed by atoms with van der Waals surface area (Å²) in [5.41, 5.74) is 5.64. The van der Waals surface area contributed by atoms with Crippen molar-refractivity contribution in [3.05, 3.63) is 35.6 Å². The Morgan fingerprint density at radius 1 is 1.50 bits per heavy atom. The molecule has 4 heteroatoms. The van der Waals surface area contributed by atoms with E-state index in [9.17, 15) is 9.18 Å². The van der Waals surface area contributed by atoms with E-state index in [2.05, 4.69) is 0 Å². The number of hydrogen-bond acceptors (Lipinski definition) is 3. The van der Waals surface area contributed by atoms with Gasteiger partial charge in [0.2, 0.25) is 0 Å². The first kappa shape index (κ1) is 11.2. The molecule has 0 aliphatic carbocycles. The molecule has 1 heterocycles. The van der Waals surface area contributed by atoms with Gasteiger partial charge in [-0.05, 0) is 31.2 Å². The van der Waals surface area contributed by atoms with Crippen molar-refractivity contribution < 1.29 is 13.9 Å². The largest absolute Gasteiger partial charge is 0.379 e. The van der Waals surface area contributed by atoms with E-state index >= 15 is 0 Å². The molecule has 1 aliphatic rings. The fraction of sp³-hybridized carbons (Fsp3) is 0.417. The second kappa shape index (κ2) is 3.96. The highest BCUT2D eigenvalue weighted by Gasteiger charge is 2.44. The Kier molecular flexibility index (Phi) is 2.78. The van der Waals surface area contributed by atoms with Crippen LogP contribution in [0.25, 0.3) is 0 Å². The van der Waals surface area contributed by atoms with E-state index in [0.29, 0.717) is 18.8 Å². The molecule has 1 fully saturated rings. The molecule has 1 aromatic rings. The van der Waals surface area contributed by atoms with Gasteiger partial charge in [-0.15, -0.1) is 0 Å². The Labute approximate surface area is 93.4 Å². The fourth-order valence-corrected chi connectivity index (χ4v) is 1.85. The maximum Gasteiger partial charge on any atom is 0.172 e. The van der Waals surface area contributed by atoms with Gasteiger partial charge < -0.3 is 10.5 Å². The predicted octanol–water partition coefficient (Wildman–Crippen LogP) is 1.37. The van der Waals surface area contributed by atoms with Crippen molar-refractivity contribution in [2.45, 2.75) is 13.0 Å². The van der Waals surface area contributed by atoms with Crippen molar-refractivity contribution in [3.63, 3.8) is 0 Å². The quantitative estimate of drug-likeness (QED) is 0.770. The van der Waals surface area contributed by atoms with Gasteiger partial charge in [0.1, 0.15) is 5.82 Å². The van der Waals surface area contributed by atoms with Crippen LogP contribution in [-0.2, 0) is 4.74 Å². The summed E-state index contributed by atoms with van der Waals surface area (Å²) in [6, 6.07) is 5.21. The van der Waals surface area contributed by atoms with Gasteiger partial charge in [-0.3, -0.25) is 4.79 Å². The summed E-state index contributed by atoms with van der Waals surface area (Å²) in [4.78, 5) is 12.2. The minimum atomic E-state index is -0.697. The standard InChI is InChI=1S/C12H14FNO2/c1-12(7-16-6-10(12)14)11(15)8-2-4-9(13)5-3-8/h2-5,10H,6-7,14H2,1H3. The number of carbonyl (C=O) groups excluding carboxylic acids is 1. The van der Waals surface area contributed by atoms with Gasteiger partial charge in [-0.1, -0.05) is 0 Å². The molecule has 0 bridgehead atoms. The van der Waals surface area contributed by atoms with Crippen LogP contribution in [0.5, 0.6) is 0 Å². The number of halogens is 1. The number of nitrogens with two attached hydrogens (primary N) is 1.